The quantitative estimate of drug-likeness (QED) is 0.0169. The molecule has 17 nitrogen and oxygen atoms in total. The van der Waals surface area contributed by atoms with Crippen molar-refractivity contribution in [1.82, 2.24) is 0 Å². The van der Waals surface area contributed by atoms with Gasteiger partial charge < -0.3 is 33.8 Å². The number of hydrogen-bond acceptors (Lipinski definition) is 15. The van der Waals surface area contributed by atoms with Crippen molar-refractivity contribution >= 4 is 39.5 Å². The van der Waals surface area contributed by atoms with Crippen LogP contribution in [0.4, 0.5) is 0 Å². The molecular weight excluding hydrogens is 1450 g/mol. The van der Waals surface area contributed by atoms with E-state index >= 15 is 0 Å². The first kappa shape index (κ1) is 106. The molecule has 0 heterocycles. The van der Waals surface area contributed by atoms with E-state index in [1.54, 1.807) is 0 Å². The lowest BCUT2D eigenvalue weighted by Gasteiger charge is -2.21. The fourth-order valence-corrected chi connectivity index (χ4v) is 12.5. The maximum absolute atomic E-state index is 13.2. The molecule has 0 aliphatic rings. The lowest BCUT2D eigenvalue weighted by atomic mass is 10.1. The van der Waals surface area contributed by atoms with Crippen molar-refractivity contribution in [1.29, 1.82) is 0 Å². The first-order valence-electron chi connectivity index (χ1n) is 43.0. The van der Waals surface area contributed by atoms with Gasteiger partial charge >= 0.3 is 39.5 Å². The van der Waals surface area contributed by atoms with Crippen molar-refractivity contribution in [3.05, 3.63) is 182 Å². The van der Waals surface area contributed by atoms with Gasteiger partial charge in [-0.1, -0.05) is 300 Å². The number of hydrogen-bond donors (Lipinski definition) is 3. The van der Waals surface area contributed by atoms with Gasteiger partial charge in [0, 0.05) is 25.7 Å². The standard InChI is InChI=1S/C93H152O17P2/c1-5-9-13-17-21-25-29-33-37-40-43-46-50-53-57-61-65-69-73-77-90(95)103-83-88(109-92(97)79-75-71-67-63-59-55-49-36-32-28-24-20-16-12-8-4)85-107-111(99,100)105-81-87(94)82-106-112(101,102)108-86-89(110-93(98)80-76-72-68-64-60-56-52-48-45-42-39-35-31-27-23-19-15-11-7-3)84-104-91(96)78-74-70-66-62-58-54-51-47-44-41-38-34-30-26-22-18-14-10-6-2/h9-11,13-15,21-23,25-27,33-39,43-49,54,56,58,60,87-89,94H,5-8,12,16-20,24,28-32,40-42,50-53,55,57,59,61-86H2,1-4H3,(H,99,100)(H,101,102)/b13-9-,14-10-,15-11-,25-21-,26-22-,27-23-,37-33-,38-34-,39-35-,46-43-,47-44-,48-45-,49-36-,58-54-,60-56-. The fourth-order valence-electron chi connectivity index (χ4n) is 10.9. The molecule has 0 radical (unpaired) electrons. The third-order valence-corrected chi connectivity index (χ3v) is 19.2. The van der Waals surface area contributed by atoms with Crippen LogP contribution < -0.4 is 0 Å². The monoisotopic (exact) mass is 1600 g/mol. The first-order chi connectivity index (χ1) is 54.7. The summed E-state index contributed by atoms with van der Waals surface area (Å²) in [7, 11) is -10.0. The van der Waals surface area contributed by atoms with Crippen LogP contribution in [0.1, 0.15) is 323 Å². The highest BCUT2D eigenvalue weighted by Gasteiger charge is 2.30. The van der Waals surface area contributed by atoms with Crippen LogP contribution in [-0.4, -0.2) is 96.7 Å². The van der Waals surface area contributed by atoms with Crippen LogP contribution in [0.2, 0.25) is 0 Å². The number of ether oxygens (including phenoxy) is 4. The summed E-state index contributed by atoms with van der Waals surface area (Å²) in [5.74, 6) is -2.28. The summed E-state index contributed by atoms with van der Waals surface area (Å²) in [4.78, 5) is 73.3. The number of carbonyl (C=O) groups is 4. The maximum atomic E-state index is 13.2. The zero-order chi connectivity index (χ0) is 81.7. The number of rotatable bonds is 79. The molecule has 0 aliphatic heterocycles. The minimum absolute atomic E-state index is 0.0409. The Morgan fingerprint density at radius 3 is 0.732 bits per heavy atom. The zero-order valence-electron chi connectivity index (χ0n) is 69.8. The van der Waals surface area contributed by atoms with Crippen LogP contribution in [0.3, 0.4) is 0 Å². The Hall–Kier alpha value is -5.84. The van der Waals surface area contributed by atoms with Gasteiger partial charge in [0.1, 0.15) is 19.3 Å². The SMILES string of the molecule is CC/C=C\C/C=C\C/C=C\C/C=C\C/C=C\CCCCCC(=O)OCC(COP(=O)(O)OCC(O)COP(=O)(O)OCC(COC(=O)CCCCCCCC/C=C\C/C=C\C/C=C\C/C=C\CC)OC(=O)CCCCCCC/C=C\CCCCCCCC)OC(=O)CCCCC/C=C\C/C=C\C/C=C\C/C=C\C/C=C\CC. The topological polar surface area (TPSA) is 237 Å². The van der Waals surface area contributed by atoms with E-state index in [9.17, 15) is 43.2 Å². The lowest BCUT2D eigenvalue weighted by Crippen LogP contribution is -2.30. The zero-order valence-corrected chi connectivity index (χ0v) is 71.6. The summed E-state index contributed by atoms with van der Waals surface area (Å²) in [6, 6.07) is 0. The van der Waals surface area contributed by atoms with E-state index in [1.165, 1.54) is 38.5 Å². The van der Waals surface area contributed by atoms with Crippen LogP contribution in [-0.2, 0) is 65.4 Å². The van der Waals surface area contributed by atoms with Gasteiger partial charge in [0.2, 0.25) is 0 Å². The Morgan fingerprint density at radius 1 is 0.259 bits per heavy atom. The number of phosphoric ester groups is 2. The lowest BCUT2D eigenvalue weighted by molar-refractivity contribution is -0.161. The van der Waals surface area contributed by atoms with Gasteiger partial charge in [-0.05, 0) is 180 Å². The van der Waals surface area contributed by atoms with Crippen molar-refractivity contribution in [2.45, 2.75) is 341 Å². The third-order valence-electron chi connectivity index (χ3n) is 17.3. The number of unbranched alkanes of at least 4 members (excludes halogenated alkanes) is 23. The molecule has 0 saturated carbocycles. The maximum Gasteiger partial charge on any atom is 0.472 e. The summed E-state index contributed by atoms with van der Waals surface area (Å²) < 4.78 is 68.8. The van der Waals surface area contributed by atoms with Gasteiger partial charge in [-0.2, -0.15) is 0 Å². The molecule has 0 aliphatic carbocycles. The number of esters is 4. The number of aliphatic hydroxyl groups is 1. The molecule has 0 saturated heterocycles. The molecule has 3 N–H and O–H groups in total. The van der Waals surface area contributed by atoms with Crippen molar-refractivity contribution in [2.75, 3.05) is 39.6 Å². The molecule has 5 unspecified atom stereocenters. The summed E-state index contributed by atoms with van der Waals surface area (Å²) in [6.07, 6.45) is 101. The first-order valence-corrected chi connectivity index (χ1v) is 46.0. The van der Waals surface area contributed by atoms with E-state index in [2.05, 4.69) is 210 Å². The van der Waals surface area contributed by atoms with Gasteiger partial charge in [0.05, 0.1) is 26.4 Å². The molecular formula is C93H152O17P2. The average molecular weight is 1600 g/mol. The summed E-state index contributed by atoms with van der Waals surface area (Å²) >= 11 is 0. The highest BCUT2D eigenvalue weighted by atomic mass is 31.2. The fraction of sp³-hybridized carbons (Fsp3) is 0.634. The molecule has 0 rings (SSSR count). The molecule has 0 amide bonds. The van der Waals surface area contributed by atoms with Crippen LogP contribution in [0.15, 0.2) is 182 Å². The molecule has 0 aromatic heterocycles. The minimum atomic E-state index is -5.01. The second-order valence-electron chi connectivity index (χ2n) is 28.0. The second-order valence-corrected chi connectivity index (χ2v) is 30.9. The predicted octanol–water partition coefficient (Wildman–Crippen LogP) is 25.9. The molecule has 0 bridgehead atoms. The number of carbonyl (C=O) groups excluding carboxylic acids is 4. The predicted molar refractivity (Wildman–Crippen MR) is 463 cm³/mol. The highest BCUT2D eigenvalue weighted by Crippen LogP contribution is 2.45. The largest absolute Gasteiger partial charge is 0.472 e. The van der Waals surface area contributed by atoms with E-state index in [0.717, 1.165) is 205 Å². The van der Waals surface area contributed by atoms with Crippen molar-refractivity contribution in [3.8, 4) is 0 Å². The normalized spacial score (nSPS) is 14.7. The van der Waals surface area contributed by atoms with Gasteiger partial charge in [-0.25, -0.2) is 9.13 Å². The van der Waals surface area contributed by atoms with Crippen molar-refractivity contribution < 1.29 is 80.2 Å². The molecule has 0 aromatic carbocycles. The van der Waals surface area contributed by atoms with Gasteiger partial charge in [-0.3, -0.25) is 37.3 Å². The van der Waals surface area contributed by atoms with Gasteiger partial charge in [0.25, 0.3) is 0 Å². The Labute approximate surface area is 679 Å². The molecule has 636 valence electrons. The van der Waals surface area contributed by atoms with Crippen molar-refractivity contribution in [2.24, 2.45) is 0 Å². The summed E-state index contributed by atoms with van der Waals surface area (Å²) in [5.41, 5.74) is 0. The van der Waals surface area contributed by atoms with E-state index in [-0.39, 0.29) is 25.7 Å². The summed E-state index contributed by atoms with van der Waals surface area (Å²) in [6.45, 7) is 4.44. The van der Waals surface area contributed by atoms with E-state index < -0.39 is 97.5 Å². The van der Waals surface area contributed by atoms with E-state index in [0.29, 0.717) is 25.7 Å². The van der Waals surface area contributed by atoms with E-state index in [1.807, 2.05) is 0 Å². The Bertz CT molecular complexity index is 2840. The van der Waals surface area contributed by atoms with Crippen LogP contribution in [0, 0.1) is 0 Å². The Kier molecular flexibility index (Phi) is 78.8. The molecule has 112 heavy (non-hydrogen) atoms. The molecule has 5 atom stereocenters. The van der Waals surface area contributed by atoms with Crippen LogP contribution >= 0.6 is 15.6 Å². The highest BCUT2D eigenvalue weighted by molar-refractivity contribution is 7.47. The molecule has 0 aromatic rings. The average Bonchev–Trinajstić information content (AvgIpc) is 0.898. The third kappa shape index (κ3) is 82.2. The summed E-state index contributed by atoms with van der Waals surface area (Å²) in [5, 5.41) is 10.7. The molecule has 0 spiro atoms. The second kappa shape index (κ2) is 83.1. The Morgan fingerprint density at radius 2 is 0.464 bits per heavy atom. The van der Waals surface area contributed by atoms with Crippen LogP contribution in [0.5, 0.6) is 0 Å². The number of aliphatic hydroxyl groups excluding tert-OH is 1. The van der Waals surface area contributed by atoms with Crippen molar-refractivity contribution in [3.63, 3.8) is 0 Å². The van der Waals surface area contributed by atoms with E-state index in [4.69, 9.17) is 37.0 Å². The smallest absolute Gasteiger partial charge is 0.462 e. The minimum Gasteiger partial charge on any atom is -0.462 e. The van der Waals surface area contributed by atoms with Gasteiger partial charge in [-0.15, -0.1) is 0 Å². The molecule has 19 heteroatoms. The molecule has 0 fully saturated rings. The Balaban J connectivity index is 5.48. The van der Waals surface area contributed by atoms with Crippen LogP contribution in [0.25, 0.3) is 0 Å². The number of phosphoric acid groups is 2. The number of allylic oxidation sites excluding steroid dienone is 30. The van der Waals surface area contributed by atoms with Gasteiger partial charge in [0.15, 0.2) is 12.2 Å².